The van der Waals surface area contributed by atoms with Gasteiger partial charge in [0.05, 0.1) is 0 Å². The summed E-state index contributed by atoms with van der Waals surface area (Å²) >= 11 is 0. The standard InChI is InChI=1S/C62H104O6/c1-4-7-10-13-16-19-22-25-28-31-32-35-37-40-43-46-49-52-55-61(64)67-58-59(68-62(65)56-53-50-47-44-41-38-34-30-27-24-21-18-15-12-9-6-3)57-66-60(63)54-51-48-45-42-39-36-33-29-26-23-20-17-14-11-8-5-2/h9,12,16,18-19,21-22,25,27-28,30-32,35,38,41,59H,4-8,10-11,13-15,17,20,23-24,26,29,33-34,36-37,39-40,42-58H2,1-3H3/b12-9-,19-16-,21-18-,25-22-,30-27-,31-28-,35-32-,41-38-. The number of allylic oxidation sites excluding steroid dienone is 16. The Labute approximate surface area is 419 Å². The lowest BCUT2D eigenvalue weighted by Crippen LogP contribution is -2.30. The summed E-state index contributed by atoms with van der Waals surface area (Å²) in [5.41, 5.74) is 0. The summed E-state index contributed by atoms with van der Waals surface area (Å²) in [5, 5.41) is 0. The molecule has 0 radical (unpaired) electrons. The van der Waals surface area contributed by atoms with Crippen LogP contribution in [0.5, 0.6) is 0 Å². The maximum Gasteiger partial charge on any atom is 0.306 e. The highest BCUT2D eigenvalue weighted by Crippen LogP contribution is 2.15. The Bertz CT molecular complexity index is 1360. The van der Waals surface area contributed by atoms with Gasteiger partial charge in [-0.1, -0.05) is 253 Å². The largest absolute Gasteiger partial charge is 0.462 e. The van der Waals surface area contributed by atoms with Crippen LogP contribution < -0.4 is 0 Å². The number of carbonyl (C=O) groups is 3. The van der Waals surface area contributed by atoms with Gasteiger partial charge in [-0.25, -0.2) is 0 Å². The molecule has 0 bridgehead atoms. The second kappa shape index (κ2) is 55.9. The first kappa shape index (κ1) is 64.3. The van der Waals surface area contributed by atoms with E-state index in [2.05, 4.69) is 118 Å². The molecule has 0 amide bonds. The van der Waals surface area contributed by atoms with E-state index in [1.54, 1.807) is 0 Å². The molecule has 1 unspecified atom stereocenters. The molecule has 0 aliphatic rings. The van der Waals surface area contributed by atoms with Crippen LogP contribution in [0.1, 0.15) is 258 Å². The van der Waals surface area contributed by atoms with Gasteiger partial charge in [-0.15, -0.1) is 0 Å². The molecule has 0 fully saturated rings. The van der Waals surface area contributed by atoms with E-state index in [0.717, 1.165) is 116 Å². The number of hydrogen-bond acceptors (Lipinski definition) is 6. The molecule has 68 heavy (non-hydrogen) atoms. The molecule has 0 saturated carbocycles. The minimum atomic E-state index is -0.804. The lowest BCUT2D eigenvalue weighted by atomic mass is 10.0. The first-order chi connectivity index (χ1) is 33.5. The Balaban J connectivity index is 4.48. The second-order valence-electron chi connectivity index (χ2n) is 18.6. The first-order valence-corrected chi connectivity index (χ1v) is 28.3. The molecule has 0 heterocycles. The van der Waals surface area contributed by atoms with Gasteiger partial charge in [-0.3, -0.25) is 14.4 Å². The molecule has 6 nitrogen and oxygen atoms in total. The van der Waals surface area contributed by atoms with Crippen LogP contribution in [0.2, 0.25) is 0 Å². The Kier molecular flexibility index (Phi) is 52.9. The summed E-state index contributed by atoms with van der Waals surface area (Å²) in [7, 11) is 0. The number of rotatable bonds is 50. The Hall–Kier alpha value is -3.67. The summed E-state index contributed by atoms with van der Waals surface area (Å²) in [5.74, 6) is -0.948. The Morgan fingerprint density at radius 2 is 0.632 bits per heavy atom. The van der Waals surface area contributed by atoms with Crippen LogP contribution in [0.4, 0.5) is 0 Å². The molecule has 0 spiro atoms. The quantitative estimate of drug-likeness (QED) is 0.0199. The monoisotopic (exact) mass is 945 g/mol. The topological polar surface area (TPSA) is 78.9 Å². The van der Waals surface area contributed by atoms with Crippen molar-refractivity contribution in [3.63, 3.8) is 0 Å². The average molecular weight is 946 g/mol. The summed E-state index contributed by atoms with van der Waals surface area (Å²) in [6.45, 7) is 6.45. The number of esters is 3. The molecule has 6 heteroatoms. The number of ether oxygens (including phenoxy) is 3. The highest BCUT2D eigenvalue weighted by molar-refractivity contribution is 5.71. The SMILES string of the molecule is CC/C=C\C/C=C\C/C=C\C/C=C\CCCCCC(=O)OC(COC(=O)CCCCCCC\C=C/C=C\C=C/C=C\CCCCC)COC(=O)CCCCCCCCCCCCCCCCCC. The molecular formula is C62H104O6. The van der Waals surface area contributed by atoms with E-state index in [4.69, 9.17) is 14.2 Å². The van der Waals surface area contributed by atoms with Crippen LogP contribution in [0, 0.1) is 0 Å². The zero-order chi connectivity index (χ0) is 49.3. The Morgan fingerprint density at radius 1 is 0.324 bits per heavy atom. The van der Waals surface area contributed by atoms with Crippen LogP contribution in [-0.4, -0.2) is 37.2 Å². The molecule has 0 aliphatic carbocycles. The lowest BCUT2D eigenvalue weighted by molar-refractivity contribution is -0.167. The van der Waals surface area contributed by atoms with Gasteiger partial charge in [-0.05, 0) is 83.5 Å². The molecule has 0 rings (SSSR count). The van der Waals surface area contributed by atoms with Gasteiger partial charge in [0.1, 0.15) is 13.2 Å². The summed E-state index contributed by atoms with van der Waals surface area (Å²) in [6.07, 6.45) is 73.9. The lowest BCUT2D eigenvalue weighted by Gasteiger charge is -2.18. The van der Waals surface area contributed by atoms with Crippen molar-refractivity contribution in [3.05, 3.63) is 97.2 Å². The maximum atomic E-state index is 12.8. The van der Waals surface area contributed by atoms with Gasteiger partial charge in [-0.2, -0.15) is 0 Å². The average Bonchev–Trinajstić information content (AvgIpc) is 3.34. The molecule has 388 valence electrons. The van der Waals surface area contributed by atoms with E-state index < -0.39 is 6.10 Å². The minimum Gasteiger partial charge on any atom is -0.462 e. The van der Waals surface area contributed by atoms with Crippen molar-refractivity contribution in [1.29, 1.82) is 0 Å². The van der Waals surface area contributed by atoms with Crippen LogP contribution in [0.25, 0.3) is 0 Å². The van der Waals surface area contributed by atoms with E-state index >= 15 is 0 Å². The smallest absolute Gasteiger partial charge is 0.306 e. The van der Waals surface area contributed by atoms with E-state index in [1.807, 2.05) is 0 Å². The van der Waals surface area contributed by atoms with E-state index in [0.29, 0.717) is 12.8 Å². The van der Waals surface area contributed by atoms with E-state index in [9.17, 15) is 14.4 Å². The summed E-state index contributed by atoms with van der Waals surface area (Å²) in [6, 6.07) is 0. The van der Waals surface area contributed by atoms with E-state index in [1.165, 1.54) is 103 Å². The fraction of sp³-hybridized carbons (Fsp3) is 0.694. The number of carbonyl (C=O) groups excluding carboxylic acids is 3. The summed E-state index contributed by atoms with van der Waals surface area (Å²) in [4.78, 5) is 38.1. The third-order valence-electron chi connectivity index (χ3n) is 11.9. The van der Waals surface area contributed by atoms with Crippen molar-refractivity contribution in [2.24, 2.45) is 0 Å². The van der Waals surface area contributed by atoms with Gasteiger partial charge in [0.2, 0.25) is 0 Å². The molecule has 0 aromatic heterocycles. The van der Waals surface area contributed by atoms with Crippen molar-refractivity contribution < 1.29 is 28.6 Å². The summed E-state index contributed by atoms with van der Waals surface area (Å²) < 4.78 is 16.8. The fourth-order valence-electron chi connectivity index (χ4n) is 7.68. The molecular weight excluding hydrogens is 841 g/mol. The number of unbranched alkanes of at least 4 members (excludes halogenated alkanes) is 26. The third kappa shape index (κ3) is 53.3. The van der Waals surface area contributed by atoms with Crippen LogP contribution in [0.15, 0.2) is 97.2 Å². The zero-order valence-electron chi connectivity index (χ0n) is 44.3. The molecule has 0 aliphatic heterocycles. The molecule has 0 aromatic carbocycles. The van der Waals surface area contributed by atoms with E-state index in [-0.39, 0.29) is 37.5 Å². The van der Waals surface area contributed by atoms with Gasteiger partial charge in [0, 0.05) is 19.3 Å². The second-order valence-corrected chi connectivity index (χ2v) is 18.6. The molecule has 0 aromatic rings. The minimum absolute atomic E-state index is 0.0972. The maximum absolute atomic E-state index is 12.8. The predicted octanol–water partition coefficient (Wildman–Crippen LogP) is 18.9. The van der Waals surface area contributed by atoms with Gasteiger partial charge in [0.15, 0.2) is 6.10 Å². The Morgan fingerprint density at radius 3 is 1.07 bits per heavy atom. The predicted molar refractivity (Wildman–Crippen MR) is 293 cm³/mol. The molecule has 1 atom stereocenters. The fourth-order valence-corrected chi connectivity index (χ4v) is 7.68. The van der Waals surface area contributed by atoms with Crippen molar-refractivity contribution in [3.8, 4) is 0 Å². The third-order valence-corrected chi connectivity index (χ3v) is 11.9. The van der Waals surface area contributed by atoms with Gasteiger partial charge < -0.3 is 14.2 Å². The van der Waals surface area contributed by atoms with Crippen LogP contribution in [-0.2, 0) is 28.6 Å². The molecule has 0 saturated heterocycles. The van der Waals surface area contributed by atoms with Crippen LogP contribution in [0.3, 0.4) is 0 Å². The zero-order valence-corrected chi connectivity index (χ0v) is 44.3. The van der Waals surface area contributed by atoms with Gasteiger partial charge in [0.25, 0.3) is 0 Å². The highest BCUT2D eigenvalue weighted by Gasteiger charge is 2.19. The first-order valence-electron chi connectivity index (χ1n) is 28.3. The van der Waals surface area contributed by atoms with Crippen molar-refractivity contribution in [2.75, 3.05) is 13.2 Å². The van der Waals surface area contributed by atoms with Crippen molar-refractivity contribution >= 4 is 17.9 Å². The van der Waals surface area contributed by atoms with Crippen molar-refractivity contribution in [2.45, 2.75) is 264 Å². The van der Waals surface area contributed by atoms with Crippen LogP contribution >= 0.6 is 0 Å². The number of hydrogen-bond donors (Lipinski definition) is 0. The van der Waals surface area contributed by atoms with Crippen molar-refractivity contribution in [1.82, 2.24) is 0 Å². The highest BCUT2D eigenvalue weighted by atomic mass is 16.6. The van der Waals surface area contributed by atoms with Gasteiger partial charge >= 0.3 is 17.9 Å². The molecule has 0 N–H and O–H groups in total. The normalized spacial score (nSPS) is 12.8.